The minimum atomic E-state index is -1.32. The predicted octanol–water partition coefficient (Wildman–Crippen LogP) is 5.71. The van der Waals surface area contributed by atoms with Crippen molar-refractivity contribution in [2.75, 3.05) is 6.26 Å². The van der Waals surface area contributed by atoms with Gasteiger partial charge in [0.15, 0.2) is 0 Å². The monoisotopic (exact) mass is 468 g/mol. The number of hydrogen-bond acceptors (Lipinski definition) is 5. The van der Waals surface area contributed by atoms with E-state index < -0.39 is 16.1 Å². The molecule has 3 aromatic carbocycles. The van der Waals surface area contributed by atoms with Gasteiger partial charge >= 0.3 is 5.16 Å². The highest BCUT2D eigenvalue weighted by molar-refractivity contribution is 7.90. The summed E-state index contributed by atoms with van der Waals surface area (Å²) in [7, 11) is 0. The summed E-state index contributed by atoms with van der Waals surface area (Å²) in [5.74, 6) is 0.597. The number of nitrogens with zero attached hydrogens (tertiary/aromatic N) is 4. The molecule has 0 aliphatic heterocycles. The van der Waals surface area contributed by atoms with Crippen LogP contribution in [0.25, 0.3) is 39.0 Å². The molecule has 5 rings (SSSR count). The van der Waals surface area contributed by atoms with E-state index in [1.807, 2.05) is 42.0 Å². The molecule has 1 unspecified atom stereocenters. The Hall–Kier alpha value is -4.01. The summed E-state index contributed by atoms with van der Waals surface area (Å²) in [6, 6.07) is 22.6. The lowest BCUT2D eigenvalue weighted by Crippen LogP contribution is -2.06. The molecule has 168 valence electrons. The summed E-state index contributed by atoms with van der Waals surface area (Å²) in [6.45, 7) is 2.05. The van der Waals surface area contributed by atoms with Crippen LogP contribution in [-0.2, 0) is 11.2 Å². The van der Waals surface area contributed by atoms with E-state index in [4.69, 9.17) is 0 Å². The first-order valence-electron chi connectivity index (χ1n) is 10.5. The first-order valence-corrected chi connectivity index (χ1v) is 12.1. The molecule has 34 heavy (non-hydrogen) atoms. The largest absolute Gasteiger partial charge is 0.609 e. The smallest absolute Gasteiger partial charge is 0.344 e. The van der Waals surface area contributed by atoms with Crippen LogP contribution in [0.2, 0.25) is 0 Å². The van der Waals surface area contributed by atoms with Crippen LogP contribution in [0.3, 0.4) is 0 Å². The molecule has 0 aliphatic carbocycles. The summed E-state index contributed by atoms with van der Waals surface area (Å²) < 4.78 is 13.9. The van der Waals surface area contributed by atoms with Crippen molar-refractivity contribution >= 4 is 27.8 Å². The van der Waals surface area contributed by atoms with Gasteiger partial charge in [0, 0.05) is 52.7 Å². The first kappa shape index (κ1) is 21.8. The van der Waals surface area contributed by atoms with Crippen molar-refractivity contribution in [1.29, 1.82) is 0 Å². The third-order valence-electron chi connectivity index (χ3n) is 5.68. The number of nitro groups is 1. The molecule has 7 nitrogen and oxygen atoms in total. The molecule has 0 bridgehead atoms. The van der Waals surface area contributed by atoms with Gasteiger partial charge in [0.05, 0.1) is 10.4 Å². The molecular weight excluding hydrogens is 448 g/mol. The number of benzene rings is 3. The van der Waals surface area contributed by atoms with Gasteiger partial charge in [0.2, 0.25) is 0 Å². The van der Waals surface area contributed by atoms with Crippen LogP contribution >= 0.6 is 0 Å². The average molecular weight is 469 g/mol. The van der Waals surface area contributed by atoms with E-state index in [-0.39, 0.29) is 10.8 Å². The number of aromatic nitrogens is 3. The van der Waals surface area contributed by atoms with Crippen molar-refractivity contribution in [1.82, 2.24) is 14.5 Å². The molecule has 2 heterocycles. The third-order valence-corrected chi connectivity index (χ3v) is 6.39. The van der Waals surface area contributed by atoms with Crippen molar-refractivity contribution < 1.29 is 9.48 Å². The minimum Gasteiger partial charge on any atom is -0.609 e. The fourth-order valence-corrected chi connectivity index (χ4v) is 4.39. The average Bonchev–Trinajstić information content (AvgIpc) is 3.23. The number of non-ortho nitro benzene ring substituents is 1. The summed E-state index contributed by atoms with van der Waals surface area (Å²) >= 11 is -1.32. The van der Waals surface area contributed by atoms with Gasteiger partial charge in [-0.05, 0) is 29.7 Å². The summed E-state index contributed by atoms with van der Waals surface area (Å²) in [6.07, 6.45) is 5.16. The number of fused-ring (bicyclic) bond motifs is 1. The van der Waals surface area contributed by atoms with Gasteiger partial charge in [-0.15, -0.1) is 0 Å². The van der Waals surface area contributed by atoms with E-state index in [1.165, 1.54) is 11.6 Å². The van der Waals surface area contributed by atoms with Crippen molar-refractivity contribution in [2.24, 2.45) is 0 Å². The van der Waals surface area contributed by atoms with Crippen molar-refractivity contribution in [2.45, 2.75) is 12.1 Å². The lowest BCUT2D eigenvalue weighted by atomic mass is 10.00. The van der Waals surface area contributed by atoms with E-state index in [1.54, 1.807) is 30.7 Å². The molecule has 0 saturated carbocycles. The Morgan fingerprint density at radius 3 is 2.41 bits per heavy atom. The number of aryl methyl sites for hydroxylation is 1. The molecule has 0 aliphatic rings. The molecule has 8 heteroatoms. The standard InChI is InChI=1S/C26H20N4O3S/c1-17-6-8-18(9-7-17)23-16-29(25-12-13-27-26(28-25)34(2)33)24-15-20(10-11-22(23)24)19-4-3-5-21(14-19)30(31)32/h3-16H,1-2H3. The van der Waals surface area contributed by atoms with Gasteiger partial charge in [-0.2, -0.15) is 9.97 Å². The van der Waals surface area contributed by atoms with Crippen LogP contribution in [0.4, 0.5) is 5.69 Å². The van der Waals surface area contributed by atoms with Gasteiger partial charge in [-0.3, -0.25) is 10.1 Å². The zero-order chi connectivity index (χ0) is 23.8. The highest BCUT2D eigenvalue weighted by Crippen LogP contribution is 2.35. The minimum absolute atomic E-state index is 0.0409. The predicted molar refractivity (Wildman–Crippen MR) is 133 cm³/mol. The normalized spacial score (nSPS) is 12.1. The fourth-order valence-electron chi connectivity index (χ4n) is 3.96. The molecule has 0 N–H and O–H groups in total. The Labute approximate surface area is 199 Å². The van der Waals surface area contributed by atoms with Crippen LogP contribution < -0.4 is 0 Å². The number of nitro benzene ring substituents is 1. The van der Waals surface area contributed by atoms with Crippen LogP contribution in [0.1, 0.15) is 5.56 Å². The van der Waals surface area contributed by atoms with E-state index in [0.717, 1.165) is 33.2 Å². The summed E-state index contributed by atoms with van der Waals surface area (Å²) in [4.78, 5) is 19.5. The Morgan fingerprint density at radius 2 is 1.68 bits per heavy atom. The fraction of sp³-hybridized carbons (Fsp3) is 0.0769. The highest BCUT2D eigenvalue weighted by atomic mass is 32.2. The molecule has 0 amide bonds. The summed E-state index contributed by atoms with van der Waals surface area (Å²) in [5.41, 5.74) is 5.78. The van der Waals surface area contributed by atoms with Gasteiger partial charge in [-0.25, -0.2) is 0 Å². The quantitative estimate of drug-likeness (QED) is 0.142. The molecule has 1 atom stereocenters. The highest BCUT2D eigenvalue weighted by Gasteiger charge is 2.17. The van der Waals surface area contributed by atoms with E-state index in [9.17, 15) is 14.7 Å². The molecule has 0 saturated heterocycles. The SMILES string of the molecule is Cc1ccc(-c2cn(-c3ccnc([S+](C)[O-])n3)c3cc(-c4cccc([N+](=O)[O-])c4)ccc23)cc1. The molecule has 2 aromatic heterocycles. The van der Waals surface area contributed by atoms with Crippen molar-refractivity contribution in [3.8, 4) is 28.1 Å². The lowest BCUT2D eigenvalue weighted by Gasteiger charge is -2.08. The Morgan fingerprint density at radius 1 is 0.941 bits per heavy atom. The van der Waals surface area contributed by atoms with Crippen LogP contribution in [0.15, 0.2) is 90.3 Å². The molecule has 5 aromatic rings. The van der Waals surface area contributed by atoms with Gasteiger partial charge in [0.1, 0.15) is 12.1 Å². The van der Waals surface area contributed by atoms with E-state index in [2.05, 4.69) is 34.2 Å². The number of hydrogen-bond donors (Lipinski definition) is 0. The van der Waals surface area contributed by atoms with Crippen molar-refractivity contribution in [3.05, 3.63) is 101 Å². The van der Waals surface area contributed by atoms with Crippen LogP contribution in [0, 0.1) is 17.0 Å². The van der Waals surface area contributed by atoms with Gasteiger partial charge in [-0.1, -0.05) is 54.1 Å². The van der Waals surface area contributed by atoms with Crippen LogP contribution in [-0.4, -0.2) is 30.3 Å². The molecule has 0 spiro atoms. The van der Waals surface area contributed by atoms with E-state index in [0.29, 0.717) is 5.82 Å². The molecule has 0 radical (unpaired) electrons. The zero-order valence-corrected chi connectivity index (χ0v) is 19.3. The van der Waals surface area contributed by atoms with E-state index >= 15 is 0 Å². The molecule has 0 fully saturated rings. The number of rotatable bonds is 5. The second-order valence-corrected chi connectivity index (χ2v) is 9.24. The van der Waals surface area contributed by atoms with Crippen LogP contribution in [0.5, 0.6) is 0 Å². The maximum absolute atomic E-state index is 12.0. The Balaban J connectivity index is 1.74. The second-order valence-electron chi connectivity index (χ2n) is 7.97. The maximum atomic E-state index is 12.0. The second kappa shape index (κ2) is 8.74. The molecular formula is C26H20N4O3S. The van der Waals surface area contributed by atoms with Gasteiger partial charge in [0.25, 0.3) is 5.69 Å². The third kappa shape index (κ3) is 4.05. The lowest BCUT2D eigenvalue weighted by molar-refractivity contribution is -0.384. The summed E-state index contributed by atoms with van der Waals surface area (Å²) in [5, 5.41) is 12.5. The van der Waals surface area contributed by atoms with Crippen molar-refractivity contribution in [3.63, 3.8) is 0 Å². The Bertz CT molecular complexity index is 1530. The zero-order valence-electron chi connectivity index (χ0n) is 18.5. The first-order chi connectivity index (χ1) is 16.4. The Kier molecular flexibility index (Phi) is 5.61. The topological polar surface area (TPSA) is 96.9 Å². The maximum Gasteiger partial charge on any atom is 0.344 e. The van der Waals surface area contributed by atoms with Gasteiger partial charge < -0.3 is 9.12 Å².